The second-order valence-corrected chi connectivity index (χ2v) is 20.5. The quantitative estimate of drug-likeness (QED) is 0.0478. The van der Waals surface area contributed by atoms with E-state index in [0.717, 1.165) is 0 Å². The van der Waals surface area contributed by atoms with Crippen LogP contribution in [0.25, 0.3) is 0 Å². The van der Waals surface area contributed by atoms with E-state index in [1.807, 2.05) is 0 Å². The van der Waals surface area contributed by atoms with Gasteiger partial charge in [-0.1, -0.05) is 205 Å². The number of benzene rings is 2. The summed E-state index contributed by atoms with van der Waals surface area (Å²) in [6.07, 6.45) is 31.9. The van der Waals surface area contributed by atoms with Crippen LogP contribution in [0, 0.1) is 7.14 Å². The predicted octanol–water partition coefficient (Wildman–Crippen LogP) is 12.6. The Bertz CT molecular complexity index is 786. The van der Waals surface area contributed by atoms with Crippen molar-refractivity contribution < 1.29 is 38.1 Å². The summed E-state index contributed by atoms with van der Waals surface area (Å²) in [6.45, 7) is 9.13. The molecule has 2 aromatic carbocycles. The second kappa shape index (κ2) is 29.5. The fourth-order valence-corrected chi connectivity index (χ4v) is 6.82. The van der Waals surface area contributed by atoms with Gasteiger partial charge in [0.2, 0.25) is 0 Å². The van der Waals surface area contributed by atoms with Gasteiger partial charge in [-0.25, -0.2) is 0 Å². The maximum absolute atomic E-state index is 11.2. The van der Waals surface area contributed by atoms with Gasteiger partial charge in [-0.2, -0.15) is 0 Å². The van der Waals surface area contributed by atoms with Crippen LogP contribution in [0.15, 0.2) is 60.7 Å². The van der Waals surface area contributed by atoms with E-state index in [1.165, 1.54) is 148 Å². The third-order valence-corrected chi connectivity index (χ3v) is 9.78. The zero-order chi connectivity index (χ0) is 34.9. The van der Waals surface area contributed by atoms with Crippen LogP contribution in [-0.4, -0.2) is 19.5 Å². The number of halogens is 7. The Morgan fingerprint density at radius 2 is 0.522 bits per heavy atom. The molecule has 0 atom stereocenters. The van der Waals surface area contributed by atoms with E-state index < -0.39 is 19.5 Å². The van der Waals surface area contributed by atoms with Crippen molar-refractivity contribution in [3.8, 4) is 0 Å². The van der Waals surface area contributed by atoms with Crippen LogP contribution in [0.3, 0.4) is 0 Å². The van der Waals surface area contributed by atoms with Gasteiger partial charge in [0.05, 0.1) is 0 Å². The molecule has 0 aliphatic heterocycles. The van der Waals surface area contributed by atoms with Gasteiger partial charge in [-0.05, 0) is 24.3 Å². The zero-order valence-electron chi connectivity index (χ0n) is 29.4. The Labute approximate surface area is 292 Å². The molecule has 46 heavy (non-hydrogen) atoms. The maximum Gasteiger partial charge on any atom is 0.357 e. The van der Waals surface area contributed by atoms with Crippen molar-refractivity contribution in [3.05, 3.63) is 67.8 Å². The maximum atomic E-state index is 9.93. The fourth-order valence-electron chi connectivity index (χ4n) is 4.56. The fraction of sp³-hybridized carbons (Fsp3) is 0.684. The molecule has 0 N–H and O–H groups in total. The van der Waals surface area contributed by atoms with Crippen molar-refractivity contribution in [1.82, 2.24) is 0 Å². The van der Waals surface area contributed by atoms with Gasteiger partial charge < -0.3 is 0 Å². The van der Waals surface area contributed by atoms with Crippen molar-refractivity contribution in [1.29, 1.82) is 0 Å². The number of rotatable bonds is 22. The Balaban J connectivity index is 0. The molecule has 0 amide bonds. The molecule has 0 unspecified atom stereocenters. The summed E-state index contributed by atoms with van der Waals surface area (Å²) in [7, 11) is 0. The number of unbranched alkanes of at least 4 members (excludes halogenated alkanes) is 20. The molecule has 0 nitrogen and oxygen atoms in total. The van der Waals surface area contributed by atoms with Crippen LogP contribution in [-0.2, 0) is 0 Å². The molecule has 0 fully saturated rings. The third-order valence-electron chi connectivity index (χ3n) is 7.10. The Morgan fingerprint density at radius 1 is 0.348 bits per heavy atom. The summed E-state index contributed by atoms with van der Waals surface area (Å²) in [5, 5.41) is 0. The van der Waals surface area contributed by atoms with E-state index in [1.54, 1.807) is 0 Å². The summed E-state index contributed by atoms with van der Waals surface area (Å²) in [4.78, 5) is 0. The van der Waals surface area contributed by atoms with E-state index in [9.17, 15) is 16.9 Å². The monoisotopic (exact) mass is 884 g/mol. The van der Waals surface area contributed by atoms with Crippen LogP contribution >= 0.6 is 0 Å². The van der Waals surface area contributed by atoms with Crippen molar-refractivity contribution in [2.75, 3.05) is 0 Å². The summed E-state index contributed by atoms with van der Waals surface area (Å²) >= 11 is -11.2. The molecule has 2 aromatic rings. The summed E-state index contributed by atoms with van der Waals surface area (Å²) in [5.74, 6) is 0. The minimum atomic E-state index is -11.2. The summed E-state index contributed by atoms with van der Waals surface area (Å²) in [6, 6.07) is 21.4. The number of hydrogen-bond donors (Lipinski definition) is 0. The molecule has 0 spiro atoms. The Hall–Kier alpha value is -0.432. The molecule has 0 aliphatic rings. The normalized spacial score (nSPS) is 12.3. The molecule has 0 bridgehead atoms. The van der Waals surface area contributed by atoms with E-state index >= 15 is 0 Å². The topological polar surface area (TPSA) is 0 Å². The average Bonchev–Trinajstić information content (AvgIpc) is 3.00. The first-order valence-corrected chi connectivity index (χ1v) is 26.0. The molecular weight excluding hydrogens is 819 g/mol. The molecule has 8 heteroatoms. The standard InChI is InChI=1S/2C13H28.C12H10I.6FH.Sb/c2*1-3-5-7-9-11-13-12-10-8-6-4-2;1-3-7-11(8-4-1)13-12-9-5-2-6-10-12;;;;;;;/h2*3-13H2,1-2H3;1-10H;6*1H;/q;;+1;;;;;;;+5/p-6. The second-order valence-electron chi connectivity index (χ2n) is 12.0. The van der Waals surface area contributed by atoms with Gasteiger partial charge in [-0.3, -0.25) is 0 Å². The molecule has 2 rings (SSSR count). The zero-order valence-corrected chi connectivity index (χ0v) is 34.1. The Morgan fingerprint density at radius 3 is 0.696 bits per heavy atom. The van der Waals surface area contributed by atoms with Gasteiger partial charge in [0.15, 0.2) is 7.14 Å². The molecule has 0 aromatic heterocycles. The van der Waals surface area contributed by atoms with Crippen molar-refractivity contribution in [3.63, 3.8) is 0 Å². The van der Waals surface area contributed by atoms with E-state index in [0.29, 0.717) is 0 Å². The SMILES string of the molecule is CCCCCCCCCCCCC.CCCCCCCCCCCCC.[F][Sb-]([F])([F])([F])([F])[F].c1ccc([I+]c2ccccc2)cc1. The van der Waals surface area contributed by atoms with Crippen molar-refractivity contribution >= 4 is 19.5 Å². The van der Waals surface area contributed by atoms with Gasteiger partial charge in [0.25, 0.3) is 0 Å². The van der Waals surface area contributed by atoms with Crippen LogP contribution in [0.5, 0.6) is 0 Å². The van der Waals surface area contributed by atoms with E-state index in [4.69, 9.17) is 0 Å². The van der Waals surface area contributed by atoms with E-state index in [2.05, 4.69) is 88.4 Å². The molecule has 0 saturated heterocycles. The first-order chi connectivity index (χ1) is 21.7. The minimum absolute atomic E-state index is 0.0287. The molecule has 272 valence electrons. The largest absolute Gasteiger partial charge is 0.357 e. The molecular formula is C38H66F6ISb. The van der Waals surface area contributed by atoms with Crippen LogP contribution in [0.2, 0.25) is 0 Å². The number of hydrogen-bond acceptors (Lipinski definition) is 0. The minimum Gasteiger partial charge on any atom is -0.0619 e. The predicted molar refractivity (Wildman–Crippen MR) is 187 cm³/mol. The van der Waals surface area contributed by atoms with Crippen LogP contribution in [0.4, 0.5) is 16.9 Å². The first kappa shape index (κ1) is 47.7. The Kier molecular flexibility index (Phi) is 30.6. The average molecular weight is 886 g/mol. The molecule has 0 heterocycles. The first-order valence-electron chi connectivity index (χ1n) is 18.0. The van der Waals surface area contributed by atoms with Crippen molar-refractivity contribution in [2.45, 2.75) is 169 Å². The smallest absolute Gasteiger partial charge is 0.0619 e. The van der Waals surface area contributed by atoms with Gasteiger partial charge in [-0.15, -0.1) is 0 Å². The van der Waals surface area contributed by atoms with Gasteiger partial charge in [0, 0.05) is 0 Å². The summed E-state index contributed by atoms with van der Waals surface area (Å²) < 4.78 is 62.5. The van der Waals surface area contributed by atoms with Crippen LogP contribution < -0.4 is 21.2 Å². The van der Waals surface area contributed by atoms with Crippen LogP contribution in [0.1, 0.15) is 169 Å². The molecule has 0 aliphatic carbocycles. The van der Waals surface area contributed by atoms with E-state index in [-0.39, 0.29) is 21.2 Å². The van der Waals surface area contributed by atoms with Gasteiger partial charge >= 0.3 is 57.6 Å². The van der Waals surface area contributed by atoms with Gasteiger partial charge in [0.1, 0.15) is 0 Å². The van der Waals surface area contributed by atoms with Crippen molar-refractivity contribution in [2.24, 2.45) is 0 Å². The summed E-state index contributed by atoms with van der Waals surface area (Å²) in [5.41, 5.74) is 0. The molecule has 0 saturated carbocycles. The third kappa shape index (κ3) is 50.4. The molecule has 0 radical (unpaired) electrons.